The normalized spacial score (nSPS) is 20.2. The predicted octanol–water partition coefficient (Wildman–Crippen LogP) is 2.18. The third-order valence-corrected chi connectivity index (χ3v) is 4.25. The number of hydrogen-bond donors (Lipinski definition) is 1. The molecule has 0 unspecified atom stereocenters. The van der Waals surface area contributed by atoms with Crippen LogP contribution < -0.4 is 5.32 Å². The molecule has 1 heterocycles. The molecule has 16 heavy (non-hydrogen) atoms. The molecule has 1 aromatic heterocycles. The summed E-state index contributed by atoms with van der Waals surface area (Å²) in [6, 6.07) is 0.833. The fourth-order valence-electron chi connectivity index (χ4n) is 1.87. The van der Waals surface area contributed by atoms with E-state index < -0.39 is 0 Å². The summed E-state index contributed by atoms with van der Waals surface area (Å²) in [5.74, 6) is 0.928. The van der Waals surface area contributed by atoms with Crippen LogP contribution in [0, 0.1) is 5.92 Å². The Morgan fingerprint density at radius 1 is 1.12 bits per heavy atom. The van der Waals surface area contributed by atoms with Crippen LogP contribution >= 0.6 is 11.3 Å². The van der Waals surface area contributed by atoms with Gasteiger partial charge >= 0.3 is 0 Å². The van der Waals surface area contributed by atoms with Gasteiger partial charge in [-0.3, -0.25) is 0 Å². The maximum absolute atomic E-state index is 4.27. The minimum atomic E-state index is 0.833. The maximum Gasteiger partial charge on any atom is 0.117 e. The van der Waals surface area contributed by atoms with Gasteiger partial charge in [-0.15, -0.1) is 21.5 Å². The topological polar surface area (TPSA) is 37.8 Å². The number of nitrogens with one attached hydrogen (secondary N) is 1. The molecule has 2 aliphatic rings. The van der Waals surface area contributed by atoms with E-state index in [0.29, 0.717) is 0 Å². The first kappa shape index (κ1) is 10.7. The second-order valence-electron chi connectivity index (χ2n) is 5.07. The smallest absolute Gasteiger partial charge is 0.117 e. The summed E-state index contributed by atoms with van der Waals surface area (Å²) in [4.78, 5) is 0. The molecule has 88 valence electrons. The third-order valence-electron chi connectivity index (χ3n) is 3.25. The highest BCUT2D eigenvalue weighted by atomic mass is 32.1. The second-order valence-corrected chi connectivity index (χ2v) is 6.22. The summed E-state index contributed by atoms with van der Waals surface area (Å²) in [6.07, 6.45) is 9.05. The number of aryl methyl sites for hydroxylation is 1. The van der Waals surface area contributed by atoms with Crippen molar-refractivity contribution in [3.8, 4) is 0 Å². The van der Waals surface area contributed by atoms with Gasteiger partial charge in [0.1, 0.15) is 10.0 Å². The second kappa shape index (κ2) is 4.80. The standard InChI is InChI=1S/C12H19N3S/c1(7-13-10-5-6-10)2-11-14-15-12(16-11)8-9-3-4-9/h9-10,13H,1-8H2. The van der Waals surface area contributed by atoms with E-state index in [1.807, 2.05) is 11.3 Å². The molecule has 2 saturated carbocycles. The van der Waals surface area contributed by atoms with E-state index in [2.05, 4.69) is 15.5 Å². The Hall–Kier alpha value is -0.480. The Morgan fingerprint density at radius 3 is 2.69 bits per heavy atom. The van der Waals surface area contributed by atoms with Crippen LogP contribution in [-0.4, -0.2) is 22.8 Å². The fraction of sp³-hybridized carbons (Fsp3) is 0.833. The van der Waals surface area contributed by atoms with Crippen molar-refractivity contribution in [3.63, 3.8) is 0 Å². The van der Waals surface area contributed by atoms with Crippen molar-refractivity contribution in [2.75, 3.05) is 6.54 Å². The van der Waals surface area contributed by atoms with Crippen LogP contribution in [0.5, 0.6) is 0 Å². The largest absolute Gasteiger partial charge is 0.314 e. The highest BCUT2D eigenvalue weighted by Crippen LogP contribution is 2.33. The third kappa shape index (κ3) is 3.25. The minimum Gasteiger partial charge on any atom is -0.314 e. The van der Waals surface area contributed by atoms with Crippen LogP contribution in [0.2, 0.25) is 0 Å². The SMILES string of the molecule is C(CNC1CC1)Cc1nnc(CC2CC2)s1. The first-order chi connectivity index (χ1) is 7.90. The van der Waals surface area contributed by atoms with Crippen molar-refractivity contribution in [1.82, 2.24) is 15.5 Å². The first-order valence-corrected chi connectivity index (χ1v) is 7.26. The van der Waals surface area contributed by atoms with Gasteiger partial charge < -0.3 is 5.32 Å². The predicted molar refractivity (Wildman–Crippen MR) is 65.7 cm³/mol. The number of aromatic nitrogens is 2. The average molecular weight is 237 g/mol. The van der Waals surface area contributed by atoms with Crippen LogP contribution in [0.3, 0.4) is 0 Å². The Bertz CT molecular complexity index is 342. The van der Waals surface area contributed by atoms with E-state index in [1.165, 1.54) is 48.5 Å². The molecule has 0 amide bonds. The lowest BCUT2D eigenvalue weighted by atomic mass is 10.3. The van der Waals surface area contributed by atoms with Crippen LogP contribution in [0.15, 0.2) is 0 Å². The van der Waals surface area contributed by atoms with E-state index in [0.717, 1.165) is 24.9 Å². The van der Waals surface area contributed by atoms with Gasteiger partial charge in [0.05, 0.1) is 0 Å². The highest BCUT2D eigenvalue weighted by Gasteiger charge is 2.23. The van der Waals surface area contributed by atoms with E-state index in [-0.39, 0.29) is 0 Å². The molecule has 0 saturated heterocycles. The molecule has 3 nitrogen and oxygen atoms in total. The van der Waals surface area contributed by atoms with Gasteiger partial charge in [-0.2, -0.15) is 0 Å². The number of hydrogen-bond acceptors (Lipinski definition) is 4. The Labute approximate surface area is 101 Å². The molecule has 1 N–H and O–H groups in total. The molecule has 0 aliphatic heterocycles. The molecule has 2 aliphatic carbocycles. The van der Waals surface area contributed by atoms with Crippen molar-refractivity contribution in [3.05, 3.63) is 10.0 Å². The summed E-state index contributed by atoms with van der Waals surface area (Å²) in [5.41, 5.74) is 0. The molecule has 0 spiro atoms. The van der Waals surface area contributed by atoms with E-state index in [1.54, 1.807) is 0 Å². The summed E-state index contributed by atoms with van der Waals surface area (Å²) < 4.78 is 0. The Morgan fingerprint density at radius 2 is 1.94 bits per heavy atom. The Kier molecular flexibility index (Phi) is 3.20. The lowest BCUT2D eigenvalue weighted by molar-refractivity contribution is 0.642. The van der Waals surface area contributed by atoms with E-state index in [9.17, 15) is 0 Å². The molecule has 0 radical (unpaired) electrons. The van der Waals surface area contributed by atoms with Crippen LogP contribution in [0.4, 0.5) is 0 Å². The van der Waals surface area contributed by atoms with Crippen molar-refractivity contribution in [1.29, 1.82) is 0 Å². The van der Waals surface area contributed by atoms with Gasteiger partial charge in [0.15, 0.2) is 0 Å². The molecule has 2 fully saturated rings. The Balaban J connectivity index is 1.37. The molecule has 4 heteroatoms. The van der Waals surface area contributed by atoms with Crippen molar-refractivity contribution in [2.45, 2.75) is 51.0 Å². The van der Waals surface area contributed by atoms with Gasteiger partial charge in [0, 0.05) is 18.9 Å². The van der Waals surface area contributed by atoms with E-state index >= 15 is 0 Å². The van der Waals surface area contributed by atoms with Gasteiger partial charge in [0.25, 0.3) is 0 Å². The monoisotopic (exact) mass is 237 g/mol. The highest BCUT2D eigenvalue weighted by molar-refractivity contribution is 7.11. The zero-order chi connectivity index (χ0) is 10.8. The number of nitrogens with zero attached hydrogens (tertiary/aromatic N) is 2. The lowest BCUT2D eigenvalue weighted by Gasteiger charge is -1.99. The van der Waals surface area contributed by atoms with Crippen LogP contribution in [0.1, 0.15) is 42.1 Å². The molecule has 0 aromatic carbocycles. The zero-order valence-corrected chi connectivity index (χ0v) is 10.4. The number of rotatable bonds is 7. The van der Waals surface area contributed by atoms with Gasteiger partial charge in [-0.05, 0) is 44.6 Å². The minimum absolute atomic E-state index is 0.833. The fourth-order valence-corrected chi connectivity index (χ4v) is 2.87. The van der Waals surface area contributed by atoms with Crippen molar-refractivity contribution < 1.29 is 0 Å². The van der Waals surface area contributed by atoms with E-state index in [4.69, 9.17) is 0 Å². The summed E-state index contributed by atoms with van der Waals surface area (Å²) in [7, 11) is 0. The first-order valence-electron chi connectivity index (χ1n) is 6.45. The zero-order valence-electron chi connectivity index (χ0n) is 9.61. The maximum atomic E-state index is 4.27. The van der Waals surface area contributed by atoms with Crippen molar-refractivity contribution in [2.24, 2.45) is 5.92 Å². The lowest BCUT2D eigenvalue weighted by Crippen LogP contribution is -2.17. The van der Waals surface area contributed by atoms with Crippen molar-refractivity contribution >= 4 is 11.3 Å². The molecule has 1 aromatic rings. The molecule has 0 atom stereocenters. The molecule has 0 bridgehead atoms. The van der Waals surface area contributed by atoms with Gasteiger partial charge in [-0.25, -0.2) is 0 Å². The summed E-state index contributed by atoms with van der Waals surface area (Å²) in [6.45, 7) is 1.14. The van der Waals surface area contributed by atoms with Crippen LogP contribution in [0.25, 0.3) is 0 Å². The van der Waals surface area contributed by atoms with Gasteiger partial charge in [-0.1, -0.05) is 0 Å². The quantitative estimate of drug-likeness (QED) is 0.739. The molecular weight excluding hydrogens is 218 g/mol. The molecule has 3 rings (SSSR count). The summed E-state index contributed by atoms with van der Waals surface area (Å²) >= 11 is 1.83. The molecular formula is C12H19N3S. The summed E-state index contributed by atoms with van der Waals surface area (Å²) in [5, 5.41) is 14.6. The average Bonchev–Trinajstić information content (AvgIpc) is 3.16. The van der Waals surface area contributed by atoms with Crippen LogP contribution in [-0.2, 0) is 12.8 Å². The van der Waals surface area contributed by atoms with Gasteiger partial charge in [0.2, 0.25) is 0 Å².